The van der Waals surface area contributed by atoms with E-state index in [1.165, 1.54) is 18.9 Å². The first-order valence-corrected chi connectivity index (χ1v) is 10.3. The number of hydrogen-bond acceptors (Lipinski definition) is 6. The zero-order chi connectivity index (χ0) is 21.3. The third kappa shape index (κ3) is 5.64. The second-order valence-electron chi connectivity index (χ2n) is 6.38. The van der Waals surface area contributed by atoms with Gasteiger partial charge in [0.15, 0.2) is 5.16 Å². The lowest BCUT2D eigenvalue weighted by molar-refractivity contribution is -0.141. The fraction of sp³-hybridized carbons (Fsp3) is 0.227. The third-order valence-corrected chi connectivity index (χ3v) is 5.39. The monoisotopic (exact) mass is 425 g/mol. The van der Waals surface area contributed by atoms with Crippen LogP contribution in [0.1, 0.15) is 18.0 Å². The molecule has 0 aliphatic carbocycles. The summed E-state index contributed by atoms with van der Waals surface area (Å²) < 4.78 is 11.9. The molecule has 1 N–H and O–H groups in total. The van der Waals surface area contributed by atoms with Crippen molar-refractivity contribution in [2.45, 2.75) is 17.6 Å². The van der Waals surface area contributed by atoms with Crippen LogP contribution in [-0.2, 0) is 14.3 Å². The van der Waals surface area contributed by atoms with E-state index in [1.807, 2.05) is 65.4 Å². The van der Waals surface area contributed by atoms with Gasteiger partial charge in [-0.2, -0.15) is 0 Å². The van der Waals surface area contributed by atoms with Gasteiger partial charge in [-0.25, -0.2) is 4.98 Å². The molecule has 7 nitrogen and oxygen atoms in total. The molecule has 0 fully saturated rings. The molecule has 1 atom stereocenters. The second kappa shape index (κ2) is 10.5. The number of carbonyl (C=O) groups is 2. The highest BCUT2D eigenvalue weighted by Crippen LogP contribution is 2.23. The van der Waals surface area contributed by atoms with Crippen molar-refractivity contribution in [3.05, 3.63) is 72.6 Å². The largest absolute Gasteiger partial charge is 0.497 e. The molecule has 0 saturated carbocycles. The van der Waals surface area contributed by atoms with E-state index in [2.05, 4.69) is 10.3 Å². The Morgan fingerprint density at radius 1 is 1.10 bits per heavy atom. The highest BCUT2D eigenvalue weighted by atomic mass is 32.2. The van der Waals surface area contributed by atoms with Crippen LogP contribution < -0.4 is 10.1 Å². The number of hydrogen-bond donors (Lipinski definition) is 1. The summed E-state index contributed by atoms with van der Waals surface area (Å²) in [6.45, 7) is 0. The van der Waals surface area contributed by atoms with E-state index in [0.29, 0.717) is 5.16 Å². The van der Waals surface area contributed by atoms with Crippen molar-refractivity contribution in [1.29, 1.82) is 0 Å². The smallest absolute Gasteiger partial charge is 0.307 e. The number of thioether (sulfide) groups is 1. The summed E-state index contributed by atoms with van der Waals surface area (Å²) in [6.07, 6.45) is 3.60. The van der Waals surface area contributed by atoms with E-state index in [1.54, 1.807) is 13.3 Å². The fourth-order valence-electron chi connectivity index (χ4n) is 2.89. The molecular formula is C22H23N3O4S. The number of nitrogens with one attached hydrogen (secondary N) is 1. The average molecular weight is 426 g/mol. The predicted octanol–water partition coefficient (Wildman–Crippen LogP) is 3.39. The summed E-state index contributed by atoms with van der Waals surface area (Å²) >= 11 is 1.32. The molecule has 30 heavy (non-hydrogen) atoms. The number of ether oxygens (including phenoxy) is 2. The number of esters is 1. The van der Waals surface area contributed by atoms with Crippen LogP contribution in [0.4, 0.5) is 0 Å². The van der Waals surface area contributed by atoms with Gasteiger partial charge in [0, 0.05) is 18.1 Å². The molecule has 0 bridgehead atoms. The van der Waals surface area contributed by atoms with Gasteiger partial charge in [0.2, 0.25) is 5.91 Å². The number of imidazole rings is 1. The van der Waals surface area contributed by atoms with Crippen LogP contribution in [0.25, 0.3) is 5.69 Å². The van der Waals surface area contributed by atoms with Crippen LogP contribution in [-0.4, -0.2) is 41.4 Å². The van der Waals surface area contributed by atoms with Gasteiger partial charge in [-0.15, -0.1) is 0 Å². The standard InChI is InChI=1S/C22H23N3O4S/c1-28-18-10-8-17(9-11-18)25-13-12-23-22(25)30-15-20(26)24-19(14-21(27)29-2)16-6-4-3-5-7-16/h3-13,19H,14-15H2,1-2H3,(H,24,26). The number of aromatic nitrogens is 2. The maximum atomic E-state index is 12.6. The fourth-order valence-corrected chi connectivity index (χ4v) is 3.67. The molecule has 156 valence electrons. The Hall–Kier alpha value is -3.26. The molecule has 0 aliphatic rings. The molecule has 0 spiro atoms. The van der Waals surface area contributed by atoms with Crippen LogP contribution in [0.15, 0.2) is 72.1 Å². The summed E-state index contributed by atoms with van der Waals surface area (Å²) in [4.78, 5) is 28.7. The first-order chi connectivity index (χ1) is 14.6. The van der Waals surface area contributed by atoms with Crippen LogP contribution in [0, 0.1) is 0 Å². The Balaban J connectivity index is 1.64. The van der Waals surface area contributed by atoms with Gasteiger partial charge in [-0.3, -0.25) is 14.2 Å². The van der Waals surface area contributed by atoms with Gasteiger partial charge in [0.05, 0.1) is 32.4 Å². The lowest BCUT2D eigenvalue weighted by atomic mass is 10.0. The van der Waals surface area contributed by atoms with Crippen molar-refractivity contribution in [3.63, 3.8) is 0 Å². The number of nitrogens with zero attached hydrogens (tertiary/aromatic N) is 2. The molecule has 1 amide bonds. The molecule has 3 rings (SSSR count). The number of methoxy groups -OCH3 is 2. The first kappa shape index (κ1) is 21.4. The predicted molar refractivity (Wildman–Crippen MR) is 115 cm³/mol. The molecule has 3 aromatic rings. The molecule has 1 heterocycles. The van der Waals surface area contributed by atoms with Crippen molar-refractivity contribution >= 4 is 23.6 Å². The summed E-state index contributed by atoms with van der Waals surface area (Å²) in [6, 6.07) is 16.5. The van der Waals surface area contributed by atoms with Gasteiger partial charge in [0.25, 0.3) is 0 Å². The number of amides is 1. The van der Waals surface area contributed by atoms with E-state index in [4.69, 9.17) is 9.47 Å². The topological polar surface area (TPSA) is 82.5 Å². The van der Waals surface area contributed by atoms with Gasteiger partial charge < -0.3 is 14.8 Å². The Labute approximate surface area is 179 Å². The van der Waals surface area contributed by atoms with Gasteiger partial charge in [-0.05, 0) is 29.8 Å². The summed E-state index contributed by atoms with van der Waals surface area (Å²) in [7, 11) is 2.95. The van der Waals surface area contributed by atoms with E-state index in [0.717, 1.165) is 17.0 Å². The molecule has 8 heteroatoms. The highest BCUT2D eigenvalue weighted by Gasteiger charge is 2.19. The van der Waals surface area contributed by atoms with E-state index in [9.17, 15) is 9.59 Å². The molecule has 0 radical (unpaired) electrons. The molecule has 1 unspecified atom stereocenters. The van der Waals surface area contributed by atoms with Crippen LogP contribution in [0.5, 0.6) is 5.75 Å². The minimum absolute atomic E-state index is 0.0669. The lowest BCUT2D eigenvalue weighted by Gasteiger charge is -2.18. The van der Waals surface area contributed by atoms with Crippen LogP contribution in [0.3, 0.4) is 0 Å². The molecule has 0 aliphatic heterocycles. The molecule has 1 aromatic heterocycles. The van der Waals surface area contributed by atoms with Crippen molar-refractivity contribution in [3.8, 4) is 11.4 Å². The SMILES string of the molecule is COC(=O)CC(NC(=O)CSc1nccn1-c1ccc(OC)cc1)c1ccccc1. The minimum atomic E-state index is -0.451. The Bertz CT molecular complexity index is 974. The number of benzene rings is 2. The summed E-state index contributed by atoms with van der Waals surface area (Å²) in [5, 5.41) is 3.62. The second-order valence-corrected chi connectivity index (χ2v) is 7.32. The molecule has 0 saturated heterocycles. The van der Waals surface area contributed by atoms with Gasteiger partial charge in [0.1, 0.15) is 5.75 Å². The quantitative estimate of drug-likeness (QED) is 0.418. The van der Waals surface area contributed by atoms with Crippen molar-refractivity contribution < 1.29 is 19.1 Å². The van der Waals surface area contributed by atoms with Crippen LogP contribution >= 0.6 is 11.8 Å². The van der Waals surface area contributed by atoms with Crippen molar-refractivity contribution in [2.24, 2.45) is 0 Å². The minimum Gasteiger partial charge on any atom is -0.497 e. The van der Waals surface area contributed by atoms with Gasteiger partial charge in [-0.1, -0.05) is 42.1 Å². The maximum Gasteiger partial charge on any atom is 0.307 e. The number of carbonyl (C=O) groups excluding carboxylic acids is 2. The molecule has 2 aromatic carbocycles. The highest BCUT2D eigenvalue weighted by molar-refractivity contribution is 7.99. The Morgan fingerprint density at radius 2 is 1.83 bits per heavy atom. The van der Waals surface area contributed by atoms with Gasteiger partial charge >= 0.3 is 5.97 Å². The maximum absolute atomic E-state index is 12.6. The van der Waals surface area contributed by atoms with Crippen molar-refractivity contribution in [2.75, 3.05) is 20.0 Å². The van der Waals surface area contributed by atoms with E-state index in [-0.39, 0.29) is 24.1 Å². The van der Waals surface area contributed by atoms with Crippen LogP contribution in [0.2, 0.25) is 0 Å². The number of rotatable bonds is 9. The Morgan fingerprint density at radius 3 is 2.50 bits per heavy atom. The third-order valence-electron chi connectivity index (χ3n) is 4.43. The zero-order valence-electron chi connectivity index (χ0n) is 16.8. The average Bonchev–Trinajstić information content (AvgIpc) is 3.26. The molecular weight excluding hydrogens is 402 g/mol. The normalized spacial score (nSPS) is 11.5. The van der Waals surface area contributed by atoms with E-state index >= 15 is 0 Å². The summed E-state index contributed by atoms with van der Waals surface area (Å²) in [5.74, 6) is 0.358. The lowest BCUT2D eigenvalue weighted by Crippen LogP contribution is -2.31. The van der Waals surface area contributed by atoms with E-state index < -0.39 is 6.04 Å². The summed E-state index contributed by atoms with van der Waals surface area (Å²) in [5.41, 5.74) is 1.77. The van der Waals surface area contributed by atoms with Crippen molar-refractivity contribution in [1.82, 2.24) is 14.9 Å². The first-order valence-electron chi connectivity index (χ1n) is 9.32. The zero-order valence-corrected chi connectivity index (χ0v) is 17.6. The Kier molecular flexibility index (Phi) is 7.51.